The van der Waals surface area contributed by atoms with Gasteiger partial charge in [0.25, 0.3) is 11.8 Å². The summed E-state index contributed by atoms with van der Waals surface area (Å²) < 4.78 is 5.87. The van der Waals surface area contributed by atoms with Gasteiger partial charge in [0.1, 0.15) is 11.8 Å². The highest BCUT2D eigenvalue weighted by Crippen LogP contribution is 2.30. The zero-order valence-corrected chi connectivity index (χ0v) is 17.9. The molecular weight excluding hydrogens is 424 g/mol. The van der Waals surface area contributed by atoms with Gasteiger partial charge in [-0.25, -0.2) is 0 Å². The summed E-state index contributed by atoms with van der Waals surface area (Å²) in [5.74, 6) is -0.343. The van der Waals surface area contributed by atoms with Crippen LogP contribution in [0.25, 0.3) is 0 Å². The summed E-state index contributed by atoms with van der Waals surface area (Å²) in [5, 5.41) is 8.37. The Labute approximate surface area is 190 Å². The van der Waals surface area contributed by atoms with Crippen LogP contribution in [0.3, 0.4) is 0 Å². The summed E-state index contributed by atoms with van der Waals surface area (Å²) >= 11 is 0. The maximum absolute atomic E-state index is 12.9. The molecular formula is C24H24N4O5. The molecule has 0 radical (unpaired) electrons. The fraction of sp³-hybridized carbons (Fsp3) is 0.333. The summed E-state index contributed by atoms with van der Waals surface area (Å²) in [5.41, 5.74) is 2.21. The molecule has 3 aliphatic rings. The number of ether oxygens (including phenoxy) is 1. The minimum Gasteiger partial charge on any atom is -0.492 e. The lowest BCUT2D eigenvalue weighted by Gasteiger charge is -2.29. The average molecular weight is 448 g/mol. The van der Waals surface area contributed by atoms with Crippen LogP contribution in [0, 0.1) is 5.92 Å². The standard InChI is InChI=1S/C24H24N4O5/c29-21-8-7-19(23(31)27-21)28-12-15-9-16(5-6-17(15)24(28)32)26-22(30)18-3-1-2-4-20(18)33-13-14-10-25-11-14/h1-6,9,14,19,25H,7-8,10-13H2,(H,26,30)(H,27,29,31). The number of carbonyl (C=O) groups is 4. The SMILES string of the molecule is O=C1CCC(N2Cc3cc(NC(=O)c4ccccc4OCC4CNC4)ccc3C2=O)C(=O)N1. The number of imide groups is 1. The second-order valence-electron chi connectivity index (χ2n) is 8.56. The fourth-order valence-corrected chi connectivity index (χ4v) is 4.30. The number of para-hydroxylation sites is 1. The van der Waals surface area contributed by atoms with Crippen LogP contribution in [0.5, 0.6) is 5.75 Å². The molecule has 9 nitrogen and oxygen atoms in total. The molecule has 9 heteroatoms. The Morgan fingerprint density at radius 2 is 1.94 bits per heavy atom. The Balaban J connectivity index is 1.28. The Morgan fingerprint density at radius 3 is 2.70 bits per heavy atom. The van der Waals surface area contributed by atoms with Gasteiger partial charge in [-0.3, -0.25) is 24.5 Å². The third-order valence-corrected chi connectivity index (χ3v) is 6.25. The van der Waals surface area contributed by atoms with E-state index < -0.39 is 11.9 Å². The van der Waals surface area contributed by atoms with Crippen LogP contribution < -0.4 is 20.7 Å². The third kappa shape index (κ3) is 4.19. The molecule has 0 bridgehead atoms. The highest BCUT2D eigenvalue weighted by atomic mass is 16.5. The van der Waals surface area contributed by atoms with E-state index in [0.29, 0.717) is 41.5 Å². The molecule has 0 spiro atoms. The maximum atomic E-state index is 12.9. The molecule has 2 aromatic carbocycles. The normalized spacial score (nSPS) is 20.2. The van der Waals surface area contributed by atoms with Crippen LogP contribution in [-0.4, -0.2) is 54.3 Å². The van der Waals surface area contributed by atoms with Crippen molar-refractivity contribution in [3.05, 3.63) is 59.2 Å². The highest BCUT2D eigenvalue weighted by Gasteiger charge is 2.39. The lowest BCUT2D eigenvalue weighted by molar-refractivity contribution is -0.136. The van der Waals surface area contributed by atoms with Gasteiger partial charge in [-0.2, -0.15) is 0 Å². The molecule has 2 saturated heterocycles. The number of piperidine rings is 1. The van der Waals surface area contributed by atoms with E-state index in [9.17, 15) is 19.2 Å². The second-order valence-corrected chi connectivity index (χ2v) is 8.56. The largest absolute Gasteiger partial charge is 0.492 e. The van der Waals surface area contributed by atoms with Gasteiger partial charge in [-0.15, -0.1) is 0 Å². The molecule has 3 N–H and O–H groups in total. The molecule has 5 rings (SSSR count). The first-order valence-electron chi connectivity index (χ1n) is 11.0. The van der Waals surface area contributed by atoms with Gasteiger partial charge in [0.05, 0.1) is 12.2 Å². The van der Waals surface area contributed by atoms with Crippen LogP contribution in [0.4, 0.5) is 5.69 Å². The van der Waals surface area contributed by atoms with Crippen molar-refractivity contribution in [2.75, 3.05) is 25.0 Å². The molecule has 2 aromatic rings. The van der Waals surface area contributed by atoms with Gasteiger partial charge in [0.15, 0.2) is 0 Å². The number of rotatable bonds is 6. The summed E-state index contributed by atoms with van der Waals surface area (Å²) in [6, 6.07) is 11.5. The van der Waals surface area contributed by atoms with Gasteiger partial charge < -0.3 is 20.3 Å². The summed E-state index contributed by atoms with van der Waals surface area (Å²) in [7, 11) is 0. The number of benzene rings is 2. The van der Waals surface area contributed by atoms with E-state index >= 15 is 0 Å². The van der Waals surface area contributed by atoms with E-state index in [0.717, 1.165) is 18.7 Å². The molecule has 3 aliphatic heterocycles. The molecule has 1 atom stereocenters. The van der Waals surface area contributed by atoms with Crippen molar-refractivity contribution in [1.82, 2.24) is 15.5 Å². The zero-order valence-electron chi connectivity index (χ0n) is 17.9. The van der Waals surface area contributed by atoms with E-state index in [4.69, 9.17) is 4.74 Å². The minimum atomic E-state index is -0.671. The van der Waals surface area contributed by atoms with Crippen molar-refractivity contribution in [3.8, 4) is 5.75 Å². The Hall–Kier alpha value is -3.72. The third-order valence-electron chi connectivity index (χ3n) is 6.25. The molecule has 0 aliphatic carbocycles. The molecule has 2 fully saturated rings. The Morgan fingerprint density at radius 1 is 1.12 bits per heavy atom. The highest BCUT2D eigenvalue weighted by molar-refractivity contribution is 6.08. The van der Waals surface area contributed by atoms with Crippen molar-refractivity contribution >= 4 is 29.3 Å². The maximum Gasteiger partial charge on any atom is 0.259 e. The second kappa shape index (κ2) is 8.67. The van der Waals surface area contributed by atoms with Gasteiger partial charge in [0.2, 0.25) is 11.8 Å². The molecule has 0 saturated carbocycles. The number of anilines is 1. The number of hydrogen-bond acceptors (Lipinski definition) is 6. The Bertz CT molecular complexity index is 1140. The molecule has 170 valence electrons. The van der Waals surface area contributed by atoms with Gasteiger partial charge in [-0.1, -0.05) is 12.1 Å². The topological polar surface area (TPSA) is 117 Å². The quantitative estimate of drug-likeness (QED) is 0.574. The molecule has 3 heterocycles. The summed E-state index contributed by atoms with van der Waals surface area (Å²) in [6.45, 7) is 2.63. The predicted molar refractivity (Wildman–Crippen MR) is 119 cm³/mol. The van der Waals surface area contributed by atoms with E-state index in [-0.39, 0.29) is 30.7 Å². The number of hydrogen-bond donors (Lipinski definition) is 3. The van der Waals surface area contributed by atoms with E-state index in [1.54, 1.807) is 36.4 Å². The smallest absolute Gasteiger partial charge is 0.259 e. The van der Waals surface area contributed by atoms with Crippen LogP contribution in [0.1, 0.15) is 39.1 Å². The van der Waals surface area contributed by atoms with Crippen LogP contribution in [0.2, 0.25) is 0 Å². The van der Waals surface area contributed by atoms with Gasteiger partial charge >= 0.3 is 0 Å². The monoisotopic (exact) mass is 448 g/mol. The van der Waals surface area contributed by atoms with Crippen molar-refractivity contribution in [1.29, 1.82) is 0 Å². The van der Waals surface area contributed by atoms with Gasteiger partial charge in [0, 0.05) is 43.2 Å². The average Bonchev–Trinajstić information content (AvgIpc) is 3.08. The van der Waals surface area contributed by atoms with E-state index in [2.05, 4.69) is 16.0 Å². The van der Waals surface area contributed by atoms with E-state index in [1.165, 1.54) is 4.90 Å². The van der Waals surface area contributed by atoms with Gasteiger partial charge in [-0.05, 0) is 42.3 Å². The summed E-state index contributed by atoms with van der Waals surface area (Å²) in [6.07, 6.45) is 0.512. The van der Waals surface area contributed by atoms with Crippen molar-refractivity contribution in [2.24, 2.45) is 5.92 Å². The first-order chi connectivity index (χ1) is 16.0. The number of fused-ring (bicyclic) bond motifs is 1. The number of nitrogens with zero attached hydrogens (tertiary/aromatic N) is 1. The first-order valence-corrected chi connectivity index (χ1v) is 11.0. The number of amides is 4. The fourth-order valence-electron chi connectivity index (χ4n) is 4.30. The molecule has 1 unspecified atom stereocenters. The van der Waals surface area contributed by atoms with Crippen molar-refractivity contribution in [3.63, 3.8) is 0 Å². The van der Waals surface area contributed by atoms with Crippen molar-refractivity contribution in [2.45, 2.75) is 25.4 Å². The van der Waals surface area contributed by atoms with Crippen LogP contribution >= 0.6 is 0 Å². The predicted octanol–water partition coefficient (Wildman–Crippen LogP) is 1.30. The van der Waals surface area contributed by atoms with Crippen LogP contribution in [0.15, 0.2) is 42.5 Å². The molecule has 33 heavy (non-hydrogen) atoms. The lowest BCUT2D eigenvalue weighted by atomic mass is 10.0. The molecule has 0 aromatic heterocycles. The first kappa shape index (κ1) is 21.1. The number of carbonyl (C=O) groups excluding carboxylic acids is 4. The van der Waals surface area contributed by atoms with Crippen molar-refractivity contribution < 1.29 is 23.9 Å². The zero-order chi connectivity index (χ0) is 22.9. The lowest BCUT2D eigenvalue weighted by Crippen LogP contribution is -2.52. The minimum absolute atomic E-state index is 0.205. The molecule has 4 amide bonds. The Kier molecular flexibility index (Phi) is 5.55. The van der Waals surface area contributed by atoms with Crippen LogP contribution in [-0.2, 0) is 16.1 Å². The summed E-state index contributed by atoms with van der Waals surface area (Å²) in [4.78, 5) is 50.9. The number of nitrogens with one attached hydrogen (secondary N) is 3. The van der Waals surface area contributed by atoms with E-state index in [1.807, 2.05) is 6.07 Å².